The summed E-state index contributed by atoms with van der Waals surface area (Å²) in [7, 11) is 0. The summed E-state index contributed by atoms with van der Waals surface area (Å²) in [6.45, 7) is 5.01. The molecule has 0 saturated carbocycles. The average molecular weight is 339 g/mol. The van der Waals surface area contributed by atoms with Gasteiger partial charge in [0.25, 0.3) is 0 Å². The maximum absolute atomic E-state index is 12.4. The van der Waals surface area contributed by atoms with E-state index >= 15 is 0 Å². The Hall–Kier alpha value is -0.910. The van der Waals surface area contributed by atoms with E-state index in [1.165, 1.54) is 0 Å². The molecule has 1 N–H and O–H groups in total. The van der Waals surface area contributed by atoms with Crippen molar-refractivity contribution in [3.05, 3.63) is 34.3 Å². The van der Waals surface area contributed by atoms with E-state index in [9.17, 15) is 4.79 Å². The predicted octanol–water partition coefficient (Wildman–Crippen LogP) is 1.96. The first-order valence-corrected chi connectivity index (χ1v) is 7.84. The molecule has 2 atom stereocenters. The minimum atomic E-state index is -0.0335. The zero-order valence-electron chi connectivity index (χ0n) is 11.5. The van der Waals surface area contributed by atoms with Crippen molar-refractivity contribution in [1.82, 2.24) is 10.2 Å². The largest absolute Gasteiger partial charge is 0.370 e. The summed E-state index contributed by atoms with van der Waals surface area (Å²) in [5, 5.41) is 3.16. The van der Waals surface area contributed by atoms with E-state index in [4.69, 9.17) is 4.74 Å². The number of carbonyl (C=O) groups excluding carboxylic acids is 1. The first-order valence-electron chi connectivity index (χ1n) is 7.05. The maximum Gasteiger partial charge on any atom is 0.228 e. The first kappa shape index (κ1) is 14.0. The van der Waals surface area contributed by atoms with Crippen LogP contribution in [-0.2, 0) is 9.53 Å². The van der Waals surface area contributed by atoms with Crippen molar-refractivity contribution in [2.24, 2.45) is 5.92 Å². The highest BCUT2D eigenvalue weighted by molar-refractivity contribution is 9.10. The van der Waals surface area contributed by atoms with E-state index in [-0.39, 0.29) is 24.0 Å². The number of amides is 1. The van der Waals surface area contributed by atoms with Gasteiger partial charge in [-0.15, -0.1) is 0 Å². The molecule has 108 valence electrons. The van der Waals surface area contributed by atoms with E-state index in [2.05, 4.69) is 40.3 Å². The van der Waals surface area contributed by atoms with E-state index in [1.54, 1.807) is 0 Å². The molecule has 4 nitrogen and oxygen atoms in total. The van der Waals surface area contributed by atoms with Crippen molar-refractivity contribution in [2.75, 3.05) is 26.2 Å². The van der Waals surface area contributed by atoms with E-state index < -0.39 is 0 Å². The van der Waals surface area contributed by atoms with Crippen LogP contribution in [0.1, 0.15) is 18.6 Å². The van der Waals surface area contributed by atoms with Crippen LogP contribution in [0.3, 0.4) is 0 Å². The number of benzene rings is 1. The van der Waals surface area contributed by atoms with Gasteiger partial charge in [0.05, 0.1) is 18.6 Å². The van der Waals surface area contributed by atoms with Crippen LogP contribution < -0.4 is 5.32 Å². The lowest BCUT2D eigenvalue weighted by atomic mass is 9.96. The maximum atomic E-state index is 12.4. The van der Waals surface area contributed by atoms with E-state index in [1.807, 2.05) is 17.0 Å². The van der Waals surface area contributed by atoms with Gasteiger partial charge in [-0.05, 0) is 24.6 Å². The Labute approximate surface area is 127 Å². The van der Waals surface area contributed by atoms with Crippen molar-refractivity contribution in [1.29, 1.82) is 0 Å². The quantitative estimate of drug-likeness (QED) is 0.896. The van der Waals surface area contributed by atoms with Crippen molar-refractivity contribution in [3.8, 4) is 0 Å². The molecule has 20 heavy (non-hydrogen) atoms. The van der Waals surface area contributed by atoms with E-state index in [0.29, 0.717) is 13.2 Å². The number of nitrogens with one attached hydrogen (secondary N) is 1. The molecule has 0 spiro atoms. The van der Waals surface area contributed by atoms with Gasteiger partial charge >= 0.3 is 0 Å². The van der Waals surface area contributed by atoms with Crippen LogP contribution in [0.2, 0.25) is 0 Å². The number of ether oxygens (including phenoxy) is 1. The second kappa shape index (κ2) is 5.84. The number of hydrogen-bond donors (Lipinski definition) is 1. The molecule has 2 aliphatic heterocycles. The van der Waals surface area contributed by atoms with E-state index in [0.717, 1.165) is 23.1 Å². The number of carbonyl (C=O) groups is 1. The van der Waals surface area contributed by atoms with Gasteiger partial charge in [0.15, 0.2) is 0 Å². The van der Waals surface area contributed by atoms with Crippen molar-refractivity contribution in [3.63, 3.8) is 0 Å². The monoisotopic (exact) mass is 338 g/mol. The number of morpholine rings is 1. The zero-order valence-corrected chi connectivity index (χ0v) is 13.1. The summed E-state index contributed by atoms with van der Waals surface area (Å²) in [5.41, 5.74) is 1.13. The molecule has 1 aromatic rings. The number of rotatable bonds is 2. The third-order valence-corrected chi connectivity index (χ3v) is 4.70. The molecule has 2 unspecified atom stereocenters. The van der Waals surface area contributed by atoms with Crippen LogP contribution in [0.25, 0.3) is 0 Å². The fourth-order valence-electron chi connectivity index (χ4n) is 2.82. The lowest BCUT2D eigenvalue weighted by Crippen LogP contribution is -2.57. The summed E-state index contributed by atoms with van der Waals surface area (Å²) >= 11 is 3.44. The van der Waals surface area contributed by atoms with Crippen LogP contribution >= 0.6 is 15.9 Å². The molecule has 2 aliphatic rings. The van der Waals surface area contributed by atoms with Gasteiger partial charge in [0, 0.05) is 24.1 Å². The second-order valence-electron chi connectivity index (χ2n) is 5.47. The molecule has 2 fully saturated rings. The summed E-state index contributed by atoms with van der Waals surface area (Å²) in [5.74, 6) is 0.419. The Morgan fingerprint density at radius 2 is 2.05 bits per heavy atom. The van der Waals surface area contributed by atoms with Crippen LogP contribution in [0, 0.1) is 5.92 Å². The Morgan fingerprint density at radius 3 is 2.65 bits per heavy atom. The summed E-state index contributed by atoms with van der Waals surface area (Å²) in [4.78, 5) is 14.4. The lowest BCUT2D eigenvalue weighted by molar-refractivity contribution is -0.151. The molecule has 1 aromatic carbocycles. The highest BCUT2D eigenvalue weighted by Gasteiger charge is 2.37. The Bertz CT molecular complexity index is 487. The normalized spacial score (nSPS) is 27.2. The fraction of sp³-hybridized carbons (Fsp3) is 0.533. The second-order valence-corrected chi connectivity index (χ2v) is 6.39. The van der Waals surface area contributed by atoms with Gasteiger partial charge in [0.1, 0.15) is 6.10 Å². The minimum Gasteiger partial charge on any atom is -0.370 e. The molecule has 5 heteroatoms. The van der Waals surface area contributed by atoms with Gasteiger partial charge in [-0.3, -0.25) is 4.79 Å². The average Bonchev–Trinajstić information content (AvgIpc) is 2.38. The zero-order chi connectivity index (χ0) is 14.1. The van der Waals surface area contributed by atoms with Gasteiger partial charge in [-0.1, -0.05) is 28.1 Å². The van der Waals surface area contributed by atoms with Gasteiger partial charge in [-0.25, -0.2) is 0 Å². The molecule has 0 aromatic heterocycles. The number of halogens is 1. The van der Waals surface area contributed by atoms with Crippen LogP contribution in [-0.4, -0.2) is 43.1 Å². The molecule has 2 heterocycles. The molecule has 2 saturated heterocycles. The summed E-state index contributed by atoms with van der Waals surface area (Å²) < 4.78 is 6.96. The first-order chi connectivity index (χ1) is 9.66. The smallest absolute Gasteiger partial charge is 0.228 e. The van der Waals surface area contributed by atoms with Gasteiger partial charge in [-0.2, -0.15) is 0 Å². The number of nitrogens with zero attached hydrogens (tertiary/aromatic N) is 1. The van der Waals surface area contributed by atoms with Crippen LogP contribution in [0.5, 0.6) is 0 Å². The molecular weight excluding hydrogens is 320 g/mol. The lowest BCUT2D eigenvalue weighted by Gasteiger charge is -2.42. The van der Waals surface area contributed by atoms with Crippen LogP contribution in [0.4, 0.5) is 0 Å². The third kappa shape index (κ3) is 2.62. The standard InChI is InChI=1S/C15H19BrN2O2/c1-10-14(11-2-4-13(16)5-3-11)20-7-6-18(10)15(19)12-8-17-9-12/h2-5,10,12,14,17H,6-9H2,1H3. The molecule has 0 bridgehead atoms. The van der Waals surface area contributed by atoms with Crippen LogP contribution in [0.15, 0.2) is 28.7 Å². The third-order valence-electron chi connectivity index (χ3n) is 4.17. The highest BCUT2D eigenvalue weighted by Crippen LogP contribution is 2.30. The number of hydrogen-bond acceptors (Lipinski definition) is 3. The molecule has 3 rings (SSSR count). The topological polar surface area (TPSA) is 41.6 Å². The Balaban J connectivity index is 1.75. The van der Waals surface area contributed by atoms with Crippen molar-refractivity contribution >= 4 is 21.8 Å². The summed E-state index contributed by atoms with van der Waals surface area (Å²) in [6, 6.07) is 8.23. The SMILES string of the molecule is CC1C(c2ccc(Br)cc2)OCCN1C(=O)C1CNC1. The Kier molecular flexibility index (Phi) is 4.10. The minimum absolute atomic E-state index is 0.0335. The van der Waals surface area contributed by atoms with Crippen molar-refractivity contribution in [2.45, 2.75) is 19.1 Å². The Morgan fingerprint density at radius 1 is 1.35 bits per heavy atom. The molecule has 1 amide bonds. The molecular formula is C15H19BrN2O2. The molecule has 0 aliphatic carbocycles. The highest BCUT2D eigenvalue weighted by atomic mass is 79.9. The van der Waals surface area contributed by atoms with Gasteiger partial charge in [0.2, 0.25) is 5.91 Å². The molecule has 0 radical (unpaired) electrons. The fourth-order valence-corrected chi connectivity index (χ4v) is 3.08. The van der Waals surface area contributed by atoms with Gasteiger partial charge < -0.3 is 15.0 Å². The predicted molar refractivity (Wildman–Crippen MR) is 80.4 cm³/mol. The van der Waals surface area contributed by atoms with Crippen molar-refractivity contribution < 1.29 is 9.53 Å². The summed E-state index contributed by atoms with van der Waals surface area (Å²) in [6.07, 6.45) is -0.0335.